The molecule has 0 saturated heterocycles. The Kier molecular flexibility index (Phi) is 6.19. The minimum absolute atomic E-state index is 0.0723. The van der Waals surface area contributed by atoms with Crippen LogP contribution in [0.3, 0.4) is 0 Å². The van der Waals surface area contributed by atoms with Gasteiger partial charge in [-0.2, -0.15) is 0 Å². The van der Waals surface area contributed by atoms with Crippen LogP contribution < -0.4 is 0 Å². The average Bonchev–Trinajstić information content (AvgIpc) is 3.14. The fraction of sp³-hybridized carbons (Fsp3) is 0.318. The van der Waals surface area contributed by atoms with Gasteiger partial charge in [-0.1, -0.05) is 71.9 Å². The molecule has 1 N–H and O–H groups in total. The fourth-order valence-corrected chi connectivity index (χ4v) is 3.50. The lowest BCUT2D eigenvalue weighted by Crippen LogP contribution is -2.45. The van der Waals surface area contributed by atoms with Gasteiger partial charge in [0.15, 0.2) is 5.82 Å². The Labute approximate surface area is 170 Å². The summed E-state index contributed by atoms with van der Waals surface area (Å²) in [6, 6.07) is 18.2. The van der Waals surface area contributed by atoms with Crippen LogP contribution in [0.1, 0.15) is 31.9 Å². The summed E-state index contributed by atoms with van der Waals surface area (Å²) in [6.07, 6.45) is 0. The number of thioether (sulfide) groups is 1. The smallest absolute Gasteiger partial charge is 0.233 e. The molecule has 0 unspecified atom stereocenters. The SMILES string of the molecule is Cc1ccc(-c2nc(SCC(=O)N(Cc3ccccc3)C(C)(C)C)n[nH]2)cc1. The van der Waals surface area contributed by atoms with Crippen molar-refractivity contribution in [3.05, 3.63) is 65.7 Å². The van der Waals surface area contributed by atoms with E-state index in [0.29, 0.717) is 23.3 Å². The third-order valence-electron chi connectivity index (χ3n) is 4.41. The highest BCUT2D eigenvalue weighted by Crippen LogP contribution is 2.23. The molecule has 3 rings (SSSR count). The summed E-state index contributed by atoms with van der Waals surface area (Å²) < 4.78 is 0. The van der Waals surface area contributed by atoms with Crippen molar-refractivity contribution in [3.8, 4) is 11.4 Å². The number of aromatic amines is 1. The number of nitrogens with one attached hydrogen (secondary N) is 1. The van der Waals surface area contributed by atoms with Gasteiger partial charge in [-0.15, -0.1) is 5.10 Å². The third-order valence-corrected chi connectivity index (χ3v) is 5.24. The molecule has 0 spiro atoms. The second-order valence-electron chi connectivity index (χ2n) is 7.76. The average molecular weight is 395 g/mol. The Morgan fingerprint density at radius 2 is 1.75 bits per heavy atom. The molecule has 0 bridgehead atoms. The molecular formula is C22H26N4OS. The van der Waals surface area contributed by atoms with Crippen molar-refractivity contribution in [2.75, 3.05) is 5.75 Å². The highest BCUT2D eigenvalue weighted by molar-refractivity contribution is 7.99. The van der Waals surface area contributed by atoms with Crippen LogP contribution in [0.2, 0.25) is 0 Å². The number of carbonyl (C=O) groups is 1. The zero-order valence-corrected chi connectivity index (χ0v) is 17.6. The number of carbonyl (C=O) groups excluding carboxylic acids is 1. The van der Waals surface area contributed by atoms with Crippen LogP contribution in [0.15, 0.2) is 59.8 Å². The number of nitrogens with zero attached hydrogens (tertiary/aromatic N) is 3. The Morgan fingerprint density at radius 1 is 1.07 bits per heavy atom. The molecule has 3 aromatic rings. The lowest BCUT2D eigenvalue weighted by molar-refractivity contribution is -0.133. The van der Waals surface area contributed by atoms with Crippen molar-refractivity contribution in [3.63, 3.8) is 0 Å². The van der Waals surface area contributed by atoms with Crippen LogP contribution in [0.25, 0.3) is 11.4 Å². The molecule has 0 aliphatic heterocycles. The number of aryl methyl sites for hydroxylation is 1. The molecule has 6 heteroatoms. The standard InChI is InChI=1S/C22H26N4OS/c1-16-10-12-18(13-11-16)20-23-21(25-24-20)28-15-19(27)26(22(2,3)4)14-17-8-6-5-7-9-17/h5-13H,14-15H2,1-4H3,(H,23,24,25). The number of amides is 1. The quantitative estimate of drug-likeness (QED) is 0.616. The minimum atomic E-state index is -0.264. The van der Waals surface area contributed by atoms with Gasteiger partial charge in [-0.25, -0.2) is 4.98 Å². The van der Waals surface area contributed by atoms with E-state index >= 15 is 0 Å². The van der Waals surface area contributed by atoms with E-state index in [9.17, 15) is 4.79 Å². The number of hydrogen-bond acceptors (Lipinski definition) is 4. The van der Waals surface area contributed by atoms with Crippen LogP contribution in [0.4, 0.5) is 0 Å². The van der Waals surface area contributed by atoms with E-state index < -0.39 is 0 Å². The Bertz CT molecular complexity index is 914. The zero-order chi connectivity index (χ0) is 20.1. The molecule has 146 valence electrons. The highest BCUT2D eigenvalue weighted by Gasteiger charge is 2.26. The summed E-state index contributed by atoms with van der Waals surface area (Å²) in [5, 5.41) is 7.79. The summed E-state index contributed by atoms with van der Waals surface area (Å²) in [5.41, 5.74) is 3.04. The van der Waals surface area contributed by atoms with Crippen molar-refractivity contribution in [2.45, 2.75) is 44.9 Å². The first-order chi connectivity index (χ1) is 13.3. The molecular weight excluding hydrogens is 368 g/mol. The molecule has 1 heterocycles. The minimum Gasteiger partial charge on any atom is -0.333 e. The van der Waals surface area contributed by atoms with Crippen LogP contribution in [-0.2, 0) is 11.3 Å². The van der Waals surface area contributed by atoms with Crippen LogP contribution >= 0.6 is 11.8 Å². The fourth-order valence-electron chi connectivity index (χ4n) is 2.82. The second-order valence-corrected chi connectivity index (χ2v) is 8.70. The van der Waals surface area contributed by atoms with Gasteiger partial charge < -0.3 is 4.90 Å². The van der Waals surface area contributed by atoms with Crippen molar-refractivity contribution in [1.82, 2.24) is 20.1 Å². The van der Waals surface area contributed by atoms with Crippen molar-refractivity contribution in [2.24, 2.45) is 0 Å². The van der Waals surface area contributed by atoms with E-state index in [2.05, 4.69) is 36.0 Å². The molecule has 0 saturated carbocycles. The molecule has 0 aliphatic carbocycles. The summed E-state index contributed by atoms with van der Waals surface area (Å²) in [7, 11) is 0. The van der Waals surface area contributed by atoms with E-state index in [-0.39, 0.29) is 11.4 Å². The van der Waals surface area contributed by atoms with Crippen molar-refractivity contribution < 1.29 is 4.79 Å². The monoisotopic (exact) mass is 394 g/mol. The maximum atomic E-state index is 12.9. The van der Waals surface area contributed by atoms with Gasteiger partial charge in [0.1, 0.15) is 0 Å². The molecule has 5 nitrogen and oxygen atoms in total. The first kappa shape index (κ1) is 20.1. The van der Waals surface area contributed by atoms with Gasteiger partial charge in [-0.05, 0) is 33.3 Å². The van der Waals surface area contributed by atoms with Crippen molar-refractivity contribution in [1.29, 1.82) is 0 Å². The second kappa shape index (κ2) is 8.61. The molecule has 28 heavy (non-hydrogen) atoms. The maximum Gasteiger partial charge on any atom is 0.233 e. The molecule has 1 aromatic heterocycles. The summed E-state index contributed by atoms with van der Waals surface area (Å²) in [4.78, 5) is 19.3. The van der Waals surface area contributed by atoms with Crippen LogP contribution in [-0.4, -0.2) is 37.3 Å². The van der Waals surface area contributed by atoms with Crippen LogP contribution in [0, 0.1) is 6.92 Å². The van der Waals surface area contributed by atoms with Gasteiger partial charge in [0.2, 0.25) is 11.1 Å². The summed E-state index contributed by atoms with van der Waals surface area (Å²) in [6.45, 7) is 8.81. The number of aromatic nitrogens is 3. The predicted molar refractivity (Wildman–Crippen MR) is 114 cm³/mol. The number of H-pyrrole nitrogens is 1. The van der Waals surface area contributed by atoms with Crippen LogP contribution in [0.5, 0.6) is 0 Å². The largest absolute Gasteiger partial charge is 0.333 e. The molecule has 0 fully saturated rings. The summed E-state index contributed by atoms with van der Waals surface area (Å²) >= 11 is 1.36. The van der Waals surface area contributed by atoms with E-state index in [1.807, 2.05) is 66.4 Å². The van der Waals surface area contributed by atoms with Gasteiger partial charge in [0, 0.05) is 17.6 Å². The number of benzene rings is 2. The van der Waals surface area contributed by atoms with Crippen molar-refractivity contribution >= 4 is 17.7 Å². The van der Waals surface area contributed by atoms with E-state index in [4.69, 9.17) is 0 Å². The number of hydrogen-bond donors (Lipinski definition) is 1. The molecule has 2 aromatic carbocycles. The maximum absolute atomic E-state index is 12.9. The molecule has 1 amide bonds. The zero-order valence-electron chi connectivity index (χ0n) is 16.8. The normalized spacial score (nSPS) is 11.4. The molecule has 0 atom stereocenters. The Balaban J connectivity index is 1.65. The van der Waals surface area contributed by atoms with Gasteiger partial charge in [0.05, 0.1) is 5.75 Å². The lowest BCUT2D eigenvalue weighted by atomic mass is 10.0. The third kappa shape index (κ3) is 5.23. The number of rotatable bonds is 6. The Hall–Kier alpha value is -2.60. The highest BCUT2D eigenvalue weighted by atomic mass is 32.2. The molecule has 0 aliphatic rings. The van der Waals surface area contributed by atoms with Gasteiger partial charge in [-0.3, -0.25) is 9.89 Å². The summed E-state index contributed by atoms with van der Waals surface area (Å²) in [5.74, 6) is 1.09. The van der Waals surface area contributed by atoms with Gasteiger partial charge in [0.25, 0.3) is 0 Å². The lowest BCUT2D eigenvalue weighted by Gasteiger charge is -2.35. The topological polar surface area (TPSA) is 61.9 Å². The van der Waals surface area contributed by atoms with Gasteiger partial charge >= 0.3 is 0 Å². The predicted octanol–water partition coefficient (Wildman–Crippen LogP) is 4.70. The first-order valence-electron chi connectivity index (χ1n) is 9.29. The van der Waals surface area contributed by atoms with E-state index in [1.165, 1.54) is 17.3 Å². The molecule has 0 radical (unpaired) electrons. The van der Waals surface area contributed by atoms with E-state index in [0.717, 1.165) is 11.1 Å². The Morgan fingerprint density at radius 3 is 2.39 bits per heavy atom. The first-order valence-corrected chi connectivity index (χ1v) is 10.3. The van der Waals surface area contributed by atoms with E-state index in [1.54, 1.807) is 0 Å².